The highest BCUT2D eigenvalue weighted by molar-refractivity contribution is 7.89. The summed E-state index contributed by atoms with van der Waals surface area (Å²) in [7, 11) is -2.26. The van der Waals surface area contributed by atoms with Crippen LogP contribution in [0.5, 0.6) is 0 Å². The Kier molecular flexibility index (Phi) is 4.47. The third kappa shape index (κ3) is 3.32. The van der Waals surface area contributed by atoms with Crippen LogP contribution in [-0.2, 0) is 17.1 Å². The molecule has 0 unspecified atom stereocenters. The maximum atomic E-state index is 11.8. The largest absolute Gasteiger partial charge is 0.477 e. The monoisotopic (exact) mass is 271 g/mol. The van der Waals surface area contributed by atoms with Crippen molar-refractivity contribution in [2.45, 2.75) is 17.7 Å². The zero-order valence-corrected chi connectivity index (χ0v) is 10.6. The molecule has 0 bridgehead atoms. The minimum atomic E-state index is -3.72. The van der Waals surface area contributed by atoms with E-state index in [4.69, 9.17) is 10.4 Å². The van der Waals surface area contributed by atoms with Crippen molar-refractivity contribution >= 4 is 16.0 Å². The number of aromatic carboxylic acids is 1. The molecular weight excluding hydrogens is 258 g/mol. The Morgan fingerprint density at radius 2 is 2.28 bits per heavy atom. The van der Waals surface area contributed by atoms with Crippen LogP contribution in [0.3, 0.4) is 0 Å². The van der Waals surface area contributed by atoms with Crippen LogP contribution < -0.4 is 4.72 Å². The van der Waals surface area contributed by atoms with Crippen molar-refractivity contribution in [1.29, 1.82) is 5.26 Å². The molecule has 1 heterocycles. The molecule has 0 radical (unpaired) electrons. The fraction of sp³-hybridized carbons (Fsp3) is 0.400. The number of aryl methyl sites for hydroxylation is 1. The van der Waals surface area contributed by atoms with Crippen LogP contribution in [0.1, 0.15) is 23.3 Å². The summed E-state index contributed by atoms with van der Waals surface area (Å²) < 4.78 is 27.1. The summed E-state index contributed by atoms with van der Waals surface area (Å²) >= 11 is 0. The fourth-order valence-electron chi connectivity index (χ4n) is 1.35. The third-order valence-electron chi connectivity index (χ3n) is 2.27. The average Bonchev–Trinajstić information content (AvgIpc) is 2.68. The number of carbonyl (C=O) groups is 1. The number of nitriles is 1. The number of hydrogen-bond acceptors (Lipinski definition) is 4. The quantitative estimate of drug-likeness (QED) is 0.723. The Balaban J connectivity index is 2.83. The first kappa shape index (κ1) is 14.2. The molecular formula is C10H13N3O4S. The number of carboxylic acids is 1. The molecule has 0 aromatic carbocycles. The van der Waals surface area contributed by atoms with Crippen molar-refractivity contribution < 1.29 is 18.3 Å². The lowest BCUT2D eigenvalue weighted by Gasteiger charge is -2.02. The van der Waals surface area contributed by atoms with Gasteiger partial charge in [0.25, 0.3) is 0 Å². The fourth-order valence-corrected chi connectivity index (χ4v) is 2.49. The maximum absolute atomic E-state index is 11.8. The number of nitrogens with zero attached hydrogens (tertiary/aromatic N) is 2. The van der Waals surface area contributed by atoms with E-state index in [1.54, 1.807) is 0 Å². The zero-order chi connectivity index (χ0) is 13.8. The van der Waals surface area contributed by atoms with Crippen molar-refractivity contribution in [2.24, 2.45) is 7.05 Å². The second kappa shape index (κ2) is 5.66. The van der Waals surface area contributed by atoms with Crippen LogP contribution in [0.25, 0.3) is 0 Å². The van der Waals surface area contributed by atoms with Gasteiger partial charge in [-0.3, -0.25) is 0 Å². The van der Waals surface area contributed by atoms with E-state index in [0.717, 1.165) is 6.07 Å². The van der Waals surface area contributed by atoms with Crippen molar-refractivity contribution in [3.8, 4) is 6.07 Å². The summed E-state index contributed by atoms with van der Waals surface area (Å²) in [4.78, 5) is 10.7. The van der Waals surface area contributed by atoms with Gasteiger partial charge in [0, 0.05) is 26.2 Å². The molecule has 1 rings (SSSR count). The standard InChI is InChI=1S/C10H13N3O4S/c1-13-7-8(6-9(13)10(14)15)18(16,17)12-5-3-2-4-11/h6-7,12H,2-3,5H2,1H3,(H,14,15). The first-order valence-corrected chi connectivity index (χ1v) is 6.63. The van der Waals surface area contributed by atoms with Gasteiger partial charge in [-0.15, -0.1) is 0 Å². The molecule has 1 aromatic rings. The van der Waals surface area contributed by atoms with Crippen molar-refractivity contribution in [3.05, 3.63) is 18.0 Å². The summed E-state index contributed by atoms with van der Waals surface area (Å²) in [6, 6.07) is 3.00. The van der Waals surface area contributed by atoms with Gasteiger partial charge in [-0.2, -0.15) is 5.26 Å². The Morgan fingerprint density at radius 3 is 2.78 bits per heavy atom. The number of sulfonamides is 1. The van der Waals surface area contributed by atoms with Crippen LogP contribution >= 0.6 is 0 Å². The molecule has 8 heteroatoms. The van der Waals surface area contributed by atoms with Gasteiger partial charge in [0.1, 0.15) is 10.6 Å². The van der Waals surface area contributed by atoms with E-state index in [9.17, 15) is 13.2 Å². The van der Waals surface area contributed by atoms with E-state index in [0.29, 0.717) is 6.42 Å². The maximum Gasteiger partial charge on any atom is 0.352 e. The molecule has 98 valence electrons. The predicted octanol–water partition coefficient (Wildman–Crippen LogP) is 0.305. The van der Waals surface area contributed by atoms with Gasteiger partial charge in [-0.25, -0.2) is 17.9 Å². The van der Waals surface area contributed by atoms with Crippen LogP contribution in [0, 0.1) is 11.3 Å². The lowest BCUT2D eigenvalue weighted by molar-refractivity contribution is 0.0686. The van der Waals surface area contributed by atoms with Gasteiger partial charge in [0.05, 0.1) is 6.07 Å². The molecule has 0 atom stereocenters. The number of nitrogens with one attached hydrogen (secondary N) is 1. The van der Waals surface area contributed by atoms with Gasteiger partial charge in [-0.1, -0.05) is 0 Å². The first-order chi connectivity index (χ1) is 8.38. The molecule has 7 nitrogen and oxygen atoms in total. The first-order valence-electron chi connectivity index (χ1n) is 5.15. The molecule has 18 heavy (non-hydrogen) atoms. The zero-order valence-electron chi connectivity index (χ0n) is 9.75. The number of rotatable bonds is 6. The topological polar surface area (TPSA) is 112 Å². The lowest BCUT2D eigenvalue weighted by Crippen LogP contribution is -2.24. The molecule has 0 saturated carbocycles. The summed E-state index contributed by atoms with van der Waals surface area (Å²) in [5.74, 6) is -1.19. The summed E-state index contributed by atoms with van der Waals surface area (Å²) in [5.41, 5.74) is -0.104. The SMILES string of the molecule is Cn1cc(S(=O)(=O)NCCCC#N)cc1C(=O)O. The predicted molar refractivity (Wildman–Crippen MR) is 62.4 cm³/mol. The summed E-state index contributed by atoms with van der Waals surface area (Å²) in [6.07, 6.45) is 1.90. The van der Waals surface area contributed by atoms with Crippen LogP contribution in [0.2, 0.25) is 0 Å². The van der Waals surface area contributed by atoms with E-state index < -0.39 is 16.0 Å². The van der Waals surface area contributed by atoms with Gasteiger partial charge < -0.3 is 9.67 Å². The highest BCUT2D eigenvalue weighted by Gasteiger charge is 2.19. The second-order valence-electron chi connectivity index (χ2n) is 3.64. The second-order valence-corrected chi connectivity index (χ2v) is 5.40. The average molecular weight is 271 g/mol. The Bertz CT molecular complexity index is 583. The minimum absolute atomic E-state index is 0.0978. The van der Waals surface area contributed by atoms with E-state index in [2.05, 4.69) is 4.72 Å². The highest BCUT2D eigenvalue weighted by Crippen LogP contribution is 2.13. The van der Waals surface area contributed by atoms with Crippen LogP contribution in [-0.4, -0.2) is 30.6 Å². The molecule has 0 amide bonds. The van der Waals surface area contributed by atoms with Gasteiger partial charge in [-0.05, 0) is 12.5 Å². The smallest absolute Gasteiger partial charge is 0.352 e. The lowest BCUT2D eigenvalue weighted by atomic mass is 10.3. The Hall–Kier alpha value is -1.85. The molecule has 0 fully saturated rings. The number of unbranched alkanes of at least 4 members (excludes halogenated alkanes) is 1. The van der Waals surface area contributed by atoms with Crippen LogP contribution in [0.15, 0.2) is 17.2 Å². The Labute approximate surface area is 105 Å². The minimum Gasteiger partial charge on any atom is -0.477 e. The van der Waals surface area contributed by atoms with Gasteiger partial charge in [0.2, 0.25) is 10.0 Å². The van der Waals surface area contributed by atoms with Gasteiger partial charge >= 0.3 is 5.97 Å². The summed E-state index contributed by atoms with van der Waals surface area (Å²) in [6.45, 7) is 0.146. The summed E-state index contributed by atoms with van der Waals surface area (Å²) in [5, 5.41) is 17.1. The molecule has 0 saturated heterocycles. The van der Waals surface area contributed by atoms with Gasteiger partial charge in [0.15, 0.2) is 0 Å². The Morgan fingerprint density at radius 1 is 1.61 bits per heavy atom. The number of aromatic nitrogens is 1. The number of hydrogen-bond donors (Lipinski definition) is 2. The van der Waals surface area contributed by atoms with Crippen molar-refractivity contribution in [3.63, 3.8) is 0 Å². The van der Waals surface area contributed by atoms with E-state index in [-0.39, 0.29) is 23.6 Å². The van der Waals surface area contributed by atoms with Crippen molar-refractivity contribution in [1.82, 2.24) is 9.29 Å². The van der Waals surface area contributed by atoms with E-state index in [1.807, 2.05) is 6.07 Å². The third-order valence-corrected chi connectivity index (χ3v) is 3.69. The molecule has 0 aliphatic heterocycles. The molecule has 1 aromatic heterocycles. The molecule has 2 N–H and O–H groups in total. The molecule has 0 spiro atoms. The molecule has 0 aliphatic carbocycles. The van der Waals surface area contributed by atoms with Crippen molar-refractivity contribution in [2.75, 3.05) is 6.54 Å². The number of carboxylic acid groups (broad SMARTS) is 1. The van der Waals surface area contributed by atoms with Crippen LogP contribution in [0.4, 0.5) is 0 Å². The molecule has 0 aliphatic rings. The van der Waals surface area contributed by atoms with E-state index >= 15 is 0 Å². The van der Waals surface area contributed by atoms with E-state index in [1.165, 1.54) is 17.8 Å². The highest BCUT2D eigenvalue weighted by atomic mass is 32.2. The normalized spacial score (nSPS) is 11.1.